The highest BCUT2D eigenvalue weighted by molar-refractivity contribution is 5.92. The lowest BCUT2D eigenvalue weighted by Crippen LogP contribution is -2.61. The highest BCUT2D eigenvalue weighted by Crippen LogP contribution is 2.38. The second kappa shape index (κ2) is 5.76. The summed E-state index contributed by atoms with van der Waals surface area (Å²) in [6.45, 7) is 1.59. The van der Waals surface area contributed by atoms with Crippen LogP contribution in [0.5, 0.6) is 0 Å². The zero-order valence-corrected chi connectivity index (χ0v) is 15.1. The molecule has 8 heteroatoms. The van der Waals surface area contributed by atoms with Crippen LogP contribution in [0.2, 0.25) is 0 Å². The molecular formula is C19H21FN4O3. The molecule has 1 N–H and O–H groups in total. The fraction of sp³-hybridized carbons (Fsp3) is 0.526. The van der Waals surface area contributed by atoms with Crippen molar-refractivity contribution < 1.29 is 14.3 Å². The highest BCUT2D eigenvalue weighted by Gasteiger charge is 2.39. The first kappa shape index (κ1) is 16.7. The van der Waals surface area contributed by atoms with Gasteiger partial charge >= 0.3 is 5.97 Å². The van der Waals surface area contributed by atoms with Gasteiger partial charge in [0.1, 0.15) is 11.2 Å². The first-order valence-corrected chi connectivity index (χ1v) is 9.39. The van der Waals surface area contributed by atoms with Crippen LogP contribution in [0.25, 0.3) is 11.0 Å². The summed E-state index contributed by atoms with van der Waals surface area (Å²) in [6.07, 6.45) is 5.29. The van der Waals surface area contributed by atoms with Gasteiger partial charge in [-0.3, -0.25) is 9.69 Å². The Morgan fingerprint density at radius 3 is 2.48 bits per heavy atom. The molecular weight excluding hydrogens is 351 g/mol. The van der Waals surface area contributed by atoms with E-state index in [1.54, 1.807) is 4.57 Å². The molecule has 4 aliphatic rings. The standard InChI is InChI=1S/C19H21FN4O3/c1-22-7-12-5-4-11(22)8-23(12)18-15(20)6-13-16(25)14(19(26)27)9-24(10-2-3-10)17(13)21-18/h6,9-12H,2-5,7-8H2,1H3,(H,26,27)/t11-,12-/m1/s1. The summed E-state index contributed by atoms with van der Waals surface area (Å²) in [5.41, 5.74) is -0.618. The van der Waals surface area contributed by atoms with Gasteiger partial charge in [0.25, 0.3) is 0 Å². The number of aromatic nitrogens is 2. The van der Waals surface area contributed by atoms with Crippen molar-refractivity contribution in [2.24, 2.45) is 0 Å². The first-order chi connectivity index (χ1) is 12.9. The molecule has 27 heavy (non-hydrogen) atoms. The molecule has 142 valence electrons. The van der Waals surface area contributed by atoms with Crippen molar-refractivity contribution >= 4 is 22.8 Å². The normalized spacial score (nSPS) is 25.3. The van der Waals surface area contributed by atoms with Crippen LogP contribution >= 0.6 is 0 Å². The summed E-state index contributed by atoms with van der Waals surface area (Å²) in [5, 5.41) is 9.38. The van der Waals surface area contributed by atoms with Gasteiger partial charge in [-0.2, -0.15) is 0 Å². The highest BCUT2D eigenvalue weighted by atomic mass is 19.1. The number of carboxylic acids is 1. The number of hydrogen-bond donors (Lipinski definition) is 1. The Labute approximate surface area is 155 Å². The lowest BCUT2D eigenvalue weighted by molar-refractivity contribution is 0.0695. The summed E-state index contributed by atoms with van der Waals surface area (Å²) >= 11 is 0. The Balaban J connectivity index is 1.69. The molecule has 3 aliphatic heterocycles. The summed E-state index contributed by atoms with van der Waals surface area (Å²) in [6, 6.07) is 1.89. The average molecular weight is 372 g/mol. The van der Waals surface area contributed by atoms with Crippen LogP contribution < -0.4 is 10.3 Å². The zero-order chi connectivity index (χ0) is 18.9. The predicted molar refractivity (Wildman–Crippen MR) is 98.0 cm³/mol. The second-order valence-corrected chi connectivity index (χ2v) is 7.96. The van der Waals surface area contributed by atoms with Crippen molar-refractivity contribution in [1.29, 1.82) is 0 Å². The van der Waals surface area contributed by atoms with Gasteiger partial charge in [-0.15, -0.1) is 0 Å². The summed E-state index contributed by atoms with van der Waals surface area (Å²) in [5.74, 6) is -1.57. The monoisotopic (exact) mass is 372 g/mol. The van der Waals surface area contributed by atoms with Crippen LogP contribution in [0.15, 0.2) is 17.1 Å². The van der Waals surface area contributed by atoms with E-state index in [4.69, 9.17) is 0 Å². The van der Waals surface area contributed by atoms with Gasteiger partial charge < -0.3 is 14.6 Å². The molecule has 5 heterocycles. The van der Waals surface area contributed by atoms with Gasteiger partial charge in [0.15, 0.2) is 11.6 Å². The van der Waals surface area contributed by atoms with E-state index < -0.39 is 17.2 Å². The van der Waals surface area contributed by atoms with E-state index in [1.807, 2.05) is 4.90 Å². The lowest BCUT2D eigenvalue weighted by atomic mass is 9.91. The maximum Gasteiger partial charge on any atom is 0.341 e. The third-order valence-corrected chi connectivity index (χ3v) is 6.19. The SMILES string of the molecule is CN1C[C@H]2CC[C@@H]1CN2c1nc2c(cc1F)c(=O)c(C(=O)O)cn2C1CC1. The van der Waals surface area contributed by atoms with Gasteiger partial charge in [0.05, 0.1) is 5.39 Å². The van der Waals surface area contributed by atoms with Crippen LogP contribution in [0.1, 0.15) is 42.1 Å². The molecule has 0 aromatic carbocycles. The molecule has 0 amide bonds. The van der Waals surface area contributed by atoms with E-state index in [0.717, 1.165) is 38.8 Å². The molecule has 2 atom stereocenters. The fourth-order valence-electron chi connectivity index (χ4n) is 4.52. The van der Waals surface area contributed by atoms with E-state index in [-0.39, 0.29) is 28.9 Å². The minimum Gasteiger partial charge on any atom is -0.477 e. The number of nitrogens with zero attached hydrogens (tertiary/aromatic N) is 4. The number of anilines is 1. The Hall–Kier alpha value is -2.48. The molecule has 0 unspecified atom stereocenters. The molecule has 4 fully saturated rings. The smallest absolute Gasteiger partial charge is 0.341 e. The molecule has 0 radical (unpaired) electrons. The molecule has 2 aromatic heterocycles. The third kappa shape index (κ3) is 2.54. The molecule has 2 aromatic rings. The Kier molecular flexibility index (Phi) is 3.56. The Morgan fingerprint density at radius 1 is 1.19 bits per heavy atom. The minimum absolute atomic E-state index is 0.0438. The maximum atomic E-state index is 15.0. The quantitative estimate of drug-likeness (QED) is 0.886. The van der Waals surface area contributed by atoms with E-state index in [1.165, 1.54) is 12.3 Å². The molecule has 1 saturated carbocycles. The van der Waals surface area contributed by atoms with Crippen LogP contribution in [0.4, 0.5) is 10.2 Å². The zero-order valence-electron chi connectivity index (χ0n) is 15.1. The van der Waals surface area contributed by atoms with Gasteiger partial charge in [0.2, 0.25) is 5.43 Å². The fourth-order valence-corrected chi connectivity index (χ4v) is 4.52. The molecule has 7 nitrogen and oxygen atoms in total. The minimum atomic E-state index is -1.29. The molecule has 0 spiro atoms. The number of carbonyl (C=O) groups is 1. The van der Waals surface area contributed by atoms with Crippen molar-refractivity contribution in [1.82, 2.24) is 14.5 Å². The van der Waals surface area contributed by atoms with Crippen molar-refractivity contribution in [2.75, 3.05) is 25.0 Å². The molecule has 3 saturated heterocycles. The number of fused-ring (bicyclic) bond motifs is 4. The van der Waals surface area contributed by atoms with E-state index in [9.17, 15) is 19.1 Å². The maximum absolute atomic E-state index is 15.0. The number of halogens is 1. The molecule has 2 bridgehead atoms. The number of hydrogen-bond acceptors (Lipinski definition) is 5. The van der Waals surface area contributed by atoms with Crippen LogP contribution in [-0.4, -0.2) is 57.7 Å². The van der Waals surface area contributed by atoms with Crippen LogP contribution in [0, 0.1) is 5.82 Å². The van der Waals surface area contributed by atoms with E-state index in [2.05, 4.69) is 16.9 Å². The van der Waals surface area contributed by atoms with Crippen molar-refractivity contribution in [3.05, 3.63) is 33.9 Å². The number of aromatic carboxylic acids is 1. The third-order valence-electron chi connectivity index (χ3n) is 6.19. The van der Waals surface area contributed by atoms with Gasteiger partial charge in [-0.1, -0.05) is 0 Å². The molecule has 6 rings (SSSR count). The van der Waals surface area contributed by atoms with Crippen molar-refractivity contribution in [3.63, 3.8) is 0 Å². The predicted octanol–water partition coefficient (Wildman–Crippen LogP) is 1.85. The number of piperazine rings is 1. The van der Waals surface area contributed by atoms with Crippen LogP contribution in [0.3, 0.4) is 0 Å². The average Bonchev–Trinajstić information content (AvgIpc) is 3.47. The van der Waals surface area contributed by atoms with E-state index in [0.29, 0.717) is 11.7 Å². The molecule has 1 aliphatic carbocycles. The van der Waals surface area contributed by atoms with Gasteiger partial charge in [-0.05, 0) is 38.8 Å². The Bertz CT molecular complexity index is 1020. The summed E-state index contributed by atoms with van der Waals surface area (Å²) in [7, 11) is 2.09. The van der Waals surface area contributed by atoms with Gasteiger partial charge in [-0.25, -0.2) is 14.2 Å². The summed E-state index contributed by atoms with van der Waals surface area (Å²) in [4.78, 5) is 32.9. The summed E-state index contributed by atoms with van der Waals surface area (Å²) < 4.78 is 16.7. The van der Waals surface area contributed by atoms with Crippen molar-refractivity contribution in [2.45, 2.75) is 43.8 Å². The topological polar surface area (TPSA) is 78.7 Å². The number of rotatable bonds is 3. The lowest BCUT2D eigenvalue weighted by Gasteiger charge is -2.50. The van der Waals surface area contributed by atoms with E-state index >= 15 is 0 Å². The van der Waals surface area contributed by atoms with Gasteiger partial charge in [0, 0.05) is 37.4 Å². The largest absolute Gasteiger partial charge is 0.477 e. The number of piperidine rings is 2. The Morgan fingerprint density at radius 2 is 1.89 bits per heavy atom. The number of pyridine rings is 2. The number of likely N-dealkylation sites (N-methyl/N-ethyl adjacent to an activating group) is 1. The number of carboxylic acid groups (broad SMARTS) is 1. The second-order valence-electron chi connectivity index (χ2n) is 7.96. The van der Waals surface area contributed by atoms with Crippen molar-refractivity contribution in [3.8, 4) is 0 Å². The first-order valence-electron chi connectivity index (χ1n) is 9.39. The van der Waals surface area contributed by atoms with Crippen LogP contribution in [-0.2, 0) is 0 Å².